The van der Waals surface area contributed by atoms with Gasteiger partial charge < -0.3 is 9.64 Å². The van der Waals surface area contributed by atoms with E-state index in [1.54, 1.807) is 17.0 Å². The van der Waals surface area contributed by atoms with Gasteiger partial charge in [0.05, 0.1) is 0 Å². The number of nitrogens with zero attached hydrogens (tertiary/aromatic N) is 1. The third kappa shape index (κ3) is 4.57. The Morgan fingerprint density at radius 1 is 1.25 bits per heavy atom. The lowest BCUT2D eigenvalue weighted by atomic mass is 9.87. The van der Waals surface area contributed by atoms with Crippen LogP contribution >= 0.6 is 11.6 Å². The first-order valence-electron chi connectivity index (χ1n) is 7.98. The maximum atomic E-state index is 12.7. The van der Waals surface area contributed by atoms with E-state index in [-0.39, 0.29) is 17.8 Å². The number of hydrogen-bond acceptors (Lipinski definition) is 4. The van der Waals surface area contributed by atoms with Crippen molar-refractivity contribution in [1.29, 1.82) is 0 Å². The van der Waals surface area contributed by atoms with Crippen LogP contribution in [0.4, 0.5) is 4.79 Å². The molecule has 0 aromatic heterocycles. The second kappa shape index (κ2) is 7.34. The molecule has 6 heteroatoms. The van der Waals surface area contributed by atoms with E-state index in [0.29, 0.717) is 48.4 Å². The van der Waals surface area contributed by atoms with Gasteiger partial charge in [-0.3, -0.25) is 9.59 Å². The van der Waals surface area contributed by atoms with Gasteiger partial charge >= 0.3 is 6.09 Å². The number of carbonyl (C=O) groups is 3. The van der Waals surface area contributed by atoms with Gasteiger partial charge in [-0.25, -0.2) is 4.79 Å². The lowest BCUT2D eigenvalue weighted by molar-refractivity contribution is 0.0182. The number of likely N-dealkylation sites (tertiary alicyclic amines) is 1. The van der Waals surface area contributed by atoms with Crippen LogP contribution < -0.4 is 0 Å². The van der Waals surface area contributed by atoms with E-state index in [4.69, 9.17) is 16.3 Å². The molecule has 130 valence electrons. The van der Waals surface area contributed by atoms with Gasteiger partial charge in [0, 0.05) is 35.2 Å². The zero-order valence-corrected chi connectivity index (χ0v) is 14.9. The summed E-state index contributed by atoms with van der Waals surface area (Å²) in [5, 5.41) is 0.426. The third-order valence-corrected chi connectivity index (χ3v) is 4.16. The number of aldehydes is 1. The molecule has 0 atom stereocenters. The molecule has 0 radical (unpaired) electrons. The lowest BCUT2D eigenvalue weighted by Gasteiger charge is -2.33. The summed E-state index contributed by atoms with van der Waals surface area (Å²) in [7, 11) is 0. The fourth-order valence-electron chi connectivity index (χ4n) is 2.72. The number of piperidine rings is 1. The second-order valence-corrected chi connectivity index (χ2v) is 7.39. The summed E-state index contributed by atoms with van der Waals surface area (Å²) >= 11 is 5.95. The van der Waals surface area contributed by atoms with Crippen molar-refractivity contribution >= 4 is 29.8 Å². The fourth-order valence-corrected chi connectivity index (χ4v) is 2.89. The quantitative estimate of drug-likeness (QED) is 0.610. The highest BCUT2D eigenvalue weighted by Crippen LogP contribution is 2.26. The topological polar surface area (TPSA) is 63.7 Å². The van der Waals surface area contributed by atoms with Crippen molar-refractivity contribution in [2.75, 3.05) is 13.1 Å². The Bertz CT molecular complexity index is 643. The first-order valence-corrected chi connectivity index (χ1v) is 8.36. The summed E-state index contributed by atoms with van der Waals surface area (Å²) in [5.74, 6) is -0.315. The number of ether oxygens (including phenoxy) is 1. The SMILES string of the molecule is CC(C)(C)OC(=O)N1CCC(C(=O)c2cc(Cl)ccc2C=O)CC1. The first-order chi connectivity index (χ1) is 11.2. The van der Waals surface area contributed by atoms with Gasteiger partial charge in [-0.15, -0.1) is 0 Å². The molecule has 24 heavy (non-hydrogen) atoms. The van der Waals surface area contributed by atoms with E-state index in [0.717, 1.165) is 0 Å². The van der Waals surface area contributed by atoms with Crippen LogP contribution in [0.3, 0.4) is 0 Å². The van der Waals surface area contributed by atoms with Crippen LogP contribution in [0.2, 0.25) is 5.02 Å². The van der Waals surface area contributed by atoms with Crippen LogP contribution in [0.1, 0.15) is 54.3 Å². The Kier molecular flexibility index (Phi) is 5.65. The molecule has 5 nitrogen and oxygen atoms in total. The molecule has 1 aromatic rings. The third-order valence-electron chi connectivity index (χ3n) is 3.93. The van der Waals surface area contributed by atoms with Crippen molar-refractivity contribution in [3.8, 4) is 0 Å². The van der Waals surface area contributed by atoms with Crippen LogP contribution in [0.15, 0.2) is 18.2 Å². The van der Waals surface area contributed by atoms with E-state index in [1.165, 1.54) is 6.07 Å². The van der Waals surface area contributed by atoms with E-state index in [2.05, 4.69) is 0 Å². The molecule has 2 rings (SSSR count). The molecule has 1 heterocycles. The highest BCUT2D eigenvalue weighted by molar-refractivity contribution is 6.31. The molecule has 0 spiro atoms. The van der Waals surface area contributed by atoms with E-state index in [9.17, 15) is 14.4 Å². The number of Topliss-reactive ketones (excluding diaryl/α,β-unsaturated/α-hetero) is 1. The van der Waals surface area contributed by atoms with Gasteiger partial charge in [0.2, 0.25) is 0 Å². The normalized spacial score (nSPS) is 15.9. The number of ketones is 1. The zero-order valence-electron chi connectivity index (χ0n) is 14.2. The molecule has 1 saturated heterocycles. The Morgan fingerprint density at radius 2 is 1.88 bits per heavy atom. The van der Waals surface area contributed by atoms with Crippen LogP contribution in [0.5, 0.6) is 0 Å². The van der Waals surface area contributed by atoms with Gasteiger partial charge in [-0.1, -0.05) is 11.6 Å². The van der Waals surface area contributed by atoms with E-state index >= 15 is 0 Å². The number of rotatable bonds is 3. The molecule has 1 aliphatic heterocycles. The van der Waals surface area contributed by atoms with Crippen molar-refractivity contribution in [3.05, 3.63) is 34.3 Å². The van der Waals surface area contributed by atoms with Crippen LogP contribution in [-0.2, 0) is 4.74 Å². The molecule has 0 unspecified atom stereocenters. The van der Waals surface area contributed by atoms with Gasteiger partial charge in [0.25, 0.3) is 0 Å². The summed E-state index contributed by atoms with van der Waals surface area (Å²) in [4.78, 5) is 37.5. The molecule has 1 aliphatic rings. The van der Waals surface area contributed by atoms with Gasteiger partial charge in [0.1, 0.15) is 5.60 Å². The lowest BCUT2D eigenvalue weighted by Crippen LogP contribution is -2.43. The second-order valence-electron chi connectivity index (χ2n) is 6.96. The summed E-state index contributed by atoms with van der Waals surface area (Å²) in [6.07, 6.45) is 1.40. The predicted molar refractivity (Wildman–Crippen MR) is 91.7 cm³/mol. The zero-order chi connectivity index (χ0) is 17.9. The minimum atomic E-state index is -0.538. The van der Waals surface area contributed by atoms with Gasteiger partial charge in [-0.2, -0.15) is 0 Å². The van der Waals surface area contributed by atoms with Crippen molar-refractivity contribution in [2.45, 2.75) is 39.2 Å². The van der Waals surface area contributed by atoms with E-state index < -0.39 is 5.60 Å². The smallest absolute Gasteiger partial charge is 0.410 e. The largest absolute Gasteiger partial charge is 0.444 e. The summed E-state index contributed by atoms with van der Waals surface area (Å²) in [5.41, 5.74) is 0.163. The number of benzene rings is 1. The summed E-state index contributed by atoms with van der Waals surface area (Å²) < 4.78 is 5.35. The maximum Gasteiger partial charge on any atom is 0.410 e. The minimum absolute atomic E-state index is 0.0940. The summed E-state index contributed by atoms with van der Waals surface area (Å²) in [6, 6.07) is 4.68. The first kappa shape index (κ1) is 18.5. The van der Waals surface area contributed by atoms with Gasteiger partial charge in [0.15, 0.2) is 12.1 Å². The molecule has 1 amide bonds. The highest BCUT2D eigenvalue weighted by Gasteiger charge is 2.31. The molecule has 1 aromatic carbocycles. The van der Waals surface area contributed by atoms with Crippen LogP contribution in [-0.4, -0.2) is 41.8 Å². The van der Waals surface area contributed by atoms with Crippen molar-refractivity contribution in [3.63, 3.8) is 0 Å². The van der Waals surface area contributed by atoms with Gasteiger partial charge in [-0.05, 0) is 51.8 Å². The molecule has 0 aliphatic carbocycles. The standard InChI is InChI=1S/C18H22ClNO4/c1-18(2,3)24-17(23)20-8-6-12(7-9-20)16(22)15-10-14(19)5-4-13(15)11-21/h4-5,10-12H,6-9H2,1-3H3. The number of amides is 1. The molecule has 1 fully saturated rings. The molecule has 0 saturated carbocycles. The van der Waals surface area contributed by atoms with E-state index in [1.807, 2.05) is 20.8 Å². The minimum Gasteiger partial charge on any atom is -0.444 e. The van der Waals surface area contributed by atoms with Crippen molar-refractivity contribution in [1.82, 2.24) is 4.90 Å². The predicted octanol–water partition coefficient (Wildman–Crippen LogP) is 3.98. The van der Waals surface area contributed by atoms with Crippen LogP contribution in [0.25, 0.3) is 0 Å². The summed E-state index contributed by atoms with van der Waals surface area (Å²) in [6.45, 7) is 6.38. The number of halogens is 1. The molecular weight excluding hydrogens is 330 g/mol. The van der Waals surface area contributed by atoms with Crippen molar-refractivity contribution < 1.29 is 19.1 Å². The highest BCUT2D eigenvalue weighted by atomic mass is 35.5. The Labute approximate surface area is 146 Å². The Hall–Kier alpha value is -1.88. The number of hydrogen-bond donors (Lipinski definition) is 0. The molecule has 0 bridgehead atoms. The van der Waals surface area contributed by atoms with Crippen molar-refractivity contribution in [2.24, 2.45) is 5.92 Å². The Morgan fingerprint density at radius 3 is 2.42 bits per heavy atom. The number of carbonyl (C=O) groups excluding carboxylic acids is 3. The average molecular weight is 352 g/mol. The molecular formula is C18H22ClNO4. The maximum absolute atomic E-state index is 12.7. The van der Waals surface area contributed by atoms with Crippen LogP contribution in [0, 0.1) is 5.92 Å². The monoisotopic (exact) mass is 351 g/mol. The average Bonchev–Trinajstić information content (AvgIpc) is 2.52. The fraction of sp³-hybridized carbons (Fsp3) is 0.500. The molecule has 0 N–H and O–H groups in total. The Balaban J connectivity index is 2.02.